The van der Waals surface area contributed by atoms with Gasteiger partial charge in [-0.05, 0) is 38.8 Å². The average molecular weight is 390 g/mol. The Bertz CT molecular complexity index is 808. The van der Waals surface area contributed by atoms with Gasteiger partial charge >= 0.3 is 11.9 Å². The van der Waals surface area contributed by atoms with Crippen LogP contribution in [0.4, 0.5) is 0 Å². The van der Waals surface area contributed by atoms with Crippen LogP contribution in [0.5, 0.6) is 0 Å². The van der Waals surface area contributed by atoms with Crippen LogP contribution in [0.15, 0.2) is 48.5 Å². The van der Waals surface area contributed by atoms with Crippen molar-refractivity contribution >= 4 is 11.9 Å². The number of benzene rings is 2. The van der Waals surface area contributed by atoms with Crippen LogP contribution in [0.25, 0.3) is 0 Å². The third kappa shape index (κ3) is 6.18. The number of hydrogen-bond acceptors (Lipinski definition) is 5. The summed E-state index contributed by atoms with van der Waals surface area (Å²) in [4.78, 5) is 22.0. The number of aryl methyl sites for hydroxylation is 2. The maximum Gasteiger partial charge on any atom is 0.342 e. The summed E-state index contributed by atoms with van der Waals surface area (Å²) in [5.41, 5.74) is -0.498. The van der Waals surface area contributed by atoms with E-state index in [1.807, 2.05) is 26.0 Å². The van der Waals surface area contributed by atoms with Gasteiger partial charge in [-0.25, -0.2) is 9.59 Å². The Morgan fingerprint density at radius 1 is 0.857 bits per heavy atom. The molecule has 0 spiro atoms. The van der Waals surface area contributed by atoms with Gasteiger partial charge in [0.2, 0.25) is 0 Å². The third-order valence-corrected chi connectivity index (χ3v) is 4.16. The van der Waals surface area contributed by atoms with E-state index in [-0.39, 0.29) is 7.43 Å². The van der Waals surface area contributed by atoms with E-state index in [2.05, 4.69) is 4.74 Å². The molecule has 0 aliphatic carbocycles. The predicted molar refractivity (Wildman–Crippen MR) is 108 cm³/mol. The quantitative estimate of drug-likeness (QED) is 0.692. The first kappa shape index (κ1) is 25.3. The van der Waals surface area contributed by atoms with Crippen molar-refractivity contribution in [3.63, 3.8) is 0 Å². The molecule has 0 fully saturated rings. The number of carbonyl (C=O) groups is 2. The molecule has 0 bridgehead atoms. The number of carbonyl (C=O) groups excluding carboxylic acids is 1. The van der Waals surface area contributed by atoms with E-state index in [1.165, 1.54) is 21.0 Å². The van der Waals surface area contributed by atoms with Gasteiger partial charge in [0, 0.05) is 0 Å². The molecule has 3 N–H and O–H groups in total. The Morgan fingerprint density at radius 2 is 1.25 bits per heavy atom. The lowest BCUT2D eigenvalue weighted by Crippen LogP contribution is -2.33. The molecular formula is C22H30O6. The third-order valence-electron chi connectivity index (χ3n) is 4.16. The van der Waals surface area contributed by atoms with Gasteiger partial charge in [-0.1, -0.05) is 67.1 Å². The van der Waals surface area contributed by atoms with E-state index in [9.17, 15) is 19.8 Å². The molecule has 0 saturated carbocycles. The van der Waals surface area contributed by atoms with Crippen molar-refractivity contribution in [2.75, 3.05) is 7.11 Å². The van der Waals surface area contributed by atoms with Gasteiger partial charge in [0.05, 0.1) is 7.11 Å². The molecule has 154 valence electrons. The number of methoxy groups -OCH3 is 1. The number of carboxylic acid groups (broad SMARTS) is 1. The number of esters is 1. The van der Waals surface area contributed by atoms with Gasteiger partial charge in [-0.2, -0.15) is 0 Å². The van der Waals surface area contributed by atoms with E-state index in [4.69, 9.17) is 5.11 Å². The topological polar surface area (TPSA) is 104 Å². The molecule has 0 saturated heterocycles. The Morgan fingerprint density at radius 3 is 1.57 bits per heavy atom. The smallest absolute Gasteiger partial charge is 0.342 e. The van der Waals surface area contributed by atoms with Gasteiger partial charge in [-0.15, -0.1) is 0 Å². The number of carboxylic acids is 1. The van der Waals surface area contributed by atoms with E-state index >= 15 is 0 Å². The lowest BCUT2D eigenvalue weighted by molar-refractivity contribution is -0.161. The number of aliphatic carboxylic acids is 1. The Labute approximate surface area is 166 Å². The number of aliphatic hydroxyl groups is 2. The lowest BCUT2D eigenvalue weighted by atomic mass is 9.95. The monoisotopic (exact) mass is 390 g/mol. The molecule has 2 aromatic rings. The van der Waals surface area contributed by atoms with Crippen LogP contribution in [-0.4, -0.2) is 34.4 Å². The van der Waals surface area contributed by atoms with Crippen LogP contribution in [0.2, 0.25) is 0 Å². The summed E-state index contributed by atoms with van der Waals surface area (Å²) in [6.07, 6.45) is 0. The van der Waals surface area contributed by atoms with E-state index in [0.29, 0.717) is 11.1 Å². The fourth-order valence-electron chi connectivity index (χ4n) is 2.34. The summed E-state index contributed by atoms with van der Waals surface area (Å²) in [5, 5.41) is 28.2. The zero-order valence-corrected chi connectivity index (χ0v) is 16.2. The highest BCUT2D eigenvalue weighted by Gasteiger charge is 2.33. The van der Waals surface area contributed by atoms with Gasteiger partial charge < -0.3 is 20.1 Å². The van der Waals surface area contributed by atoms with Crippen molar-refractivity contribution in [1.82, 2.24) is 0 Å². The highest BCUT2D eigenvalue weighted by atomic mass is 16.5. The first-order valence-electron chi connectivity index (χ1n) is 8.33. The summed E-state index contributed by atoms with van der Waals surface area (Å²) in [6.45, 7) is 6.44. The number of ether oxygens (including phenoxy) is 1. The fourth-order valence-corrected chi connectivity index (χ4v) is 2.34. The maximum absolute atomic E-state index is 11.3. The average Bonchev–Trinajstić information content (AvgIpc) is 2.61. The molecule has 28 heavy (non-hydrogen) atoms. The molecule has 0 unspecified atom stereocenters. The molecule has 0 aliphatic heterocycles. The minimum absolute atomic E-state index is 0. The summed E-state index contributed by atoms with van der Waals surface area (Å²) in [5.74, 6) is -1.89. The molecule has 0 heterocycles. The largest absolute Gasteiger partial charge is 0.479 e. The number of rotatable bonds is 4. The van der Waals surface area contributed by atoms with E-state index in [0.717, 1.165) is 11.1 Å². The molecule has 6 heteroatoms. The summed E-state index contributed by atoms with van der Waals surface area (Å²) in [6, 6.07) is 14.0. The van der Waals surface area contributed by atoms with Crippen LogP contribution >= 0.6 is 0 Å². The van der Waals surface area contributed by atoms with Gasteiger partial charge in [0.25, 0.3) is 0 Å². The summed E-state index contributed by atoms with van der Waals surface area (Å²) < 4.78 is 4.52. The minimum Gasteiger partial charge on any atom is -0.479 e. The molecule has 0 aliphatic rings. The fraction of sp³-hybridized carbons (Fsp3) is 0.364. The van der Waals surface area contributed by atoms with Crippen LogP contribution in [0.3, 0.4) is 0 Å². The molecule has 2 rings (SSSR count). The standard InChI is InChI=1S/C11H14O3.C10H12O3.CH4/c1-8-5-4-6-9(7-8)11(2,13)10(12)14-3;1-7-4-3-5-8(6-7)10(2,13)9(11)12;/h4-7,13H,1-3H3;3-6,13H,1-2H3,(H,11,12);1H4/t11-;10-;/m11./s1. The van der Waals surface area contributed by atoms with Gasteiger partial charge in [-0.3, -0.25) is 0 Å². The van der Waals surface area contributed by atoms with Crippen LogP contribution in [0.1, 0.15) is 43.5 Å². The van der Waals surface area contributed by atoms with Crippen molar-refractivity contribution in [2.24, 2.45) is 0 Å². The second kappa shape index (κ2) is 10.0. The summed E-state index contributed by atoms with van der Waals surface area (Å²) >= 11 is 0. The predicted octanol–water partition coefficient (Wildman–Crippen LogP) is 3.30. The minimum atomic E-state index is -1.80. The Balaban J connectivity index is 0.000000504. The van der Waals surface area contributed by atoms with Crippen molar-refractivity contribution < 1.29 is 29.6 Å². The van der Waals surface area contributed by atoms with Crippen molar-refractivity contribution in [1.29, 1.82) is 0 Å². The zero-order valence-electron chi connectivity index (χ0n) is 16.2. The highest BCUT2D eigenvalue weighted by molar-refractivity contribution is 5.80. The molecule has 0 amide bonds. The van der Waals surface area contributed by atoms with Crippen molar-refractivity contribution in [2.45, 2.75) is 46.3 Å². The molecular weight excluding hydrogens is 360 g/mol. The highest BCUT2D eigenvalue weighted by Crippen LogP contribution is 2.23. The van der Waals surface area contributed by atoms with E-state index < -0.39 is 23.1 Å². The normalized spacial score (nSPS) is 14.2. The molecule has 2 aromatic carbocycles. The van der Waals surface area contributed by atoms with Crippen LogP contribution in [-0.2, 0) is 25.5 Å². The second-order valence-electron chi connectivity index (χ2n) is 6.68. The van der Waals surface area contributed by atoms with Crippen LogP contribution in [0, 0.1) is 13.8 Å². The van der Waals surface area contributed by atoms with E-state index in [1.54, 1.807) is 36.4 Å². The molecule has 0 radical (unpaired) electrons. The number of hydrogen-bond donors (Lipinski definition) is 3. The first-order chi connectivity index (χ1) is 12.4. The van der Waals surface area contributed by atoms with Gasteiger partial charge in [0.1, 0.15) is 0 Å². The van der Waals surface area contributed by atoms with Crippen molar-refractivity contribution in [3.8, 4) is 0 Å². The Hall–Kier alpha value is -2.70. The maximum atomic E-state index is 11.3. The van der Waals surface area contributed by atoms with Crippen LogP contribution < -0.4 is 0 Å². The molecule has 2 atom stereocenters. The zero-order chi connectivity index (χ0) is 20.8. The molecule has 6 nitrogen and oxygen atoms in total. The lowest BCUT2D eigenvalue weighted by Gasteiger charge is -2.20. The first-order valence-corrected chi connectivity index (χ1v) is 8.33. The second-order valence-corrected chi connectivity index (χ2v) is 6.68. The summed E-state index contributed by atoms with van der Waals surface area (Å²) in [7, 11) is 1.26. The van der Waals surface area contributed by atoms with Gasteiger partial charge in [0.15, 0.2) is 11.2 Å². The Kier molecular flexibility index (Phi) is 9.05. The SMILES string of the molecule is C.COC(=O)[C@](C)(O)c1cccc(C)c1.Cc1cccc([C@@](C)(O)C(=O)O)c1. The van der Waals surface area contributed by atoms with Crippen molar-refractivity contribution in [3.05, 3.63) is 70.8 Å². The molecule has 0 aromatic heterocycles.